The zero-order valence-electron chi connectivity index (χ0n) is 20.1. The molecule has 0 saturated heterocycles. The fraction of sp³-hybridized carbons (Fsp3) is 0.0333. The number of para-hydroxylation sites is 1. The quantitative estimate of drug-likeness (QED) is 0.286. The predicted octanol–water partition coefficient (Wildman–Crippen LogP) is 6.04. The van der Waals surface area contributed by atoms with Crippen LogP contribution in [0.2, 0.25) is 0 Å². The van der Waals surface area contributed by atoms with Crippen LogP contribution in [0, 0.1) is 6.92 Å². The molecule has 0 aliphatic heterocycles. The first-order chi connectivity index (χ1) is 18.0. The van der Waals surface area contributed by atoms with Crippen LogP contribution in [-0.4, -0.2) is 26.8 Å². The van der Waals surface area contributed by atoms with Crippen LogP contribution in [0.25, 0.3) is 33.2 Å². The van der Waals surface area contributed by atoms with Crippen molar-refractivity contribution in [2.45, 2.75) is 6.92 Å². The number of aromatic nitrogens is 3. The first-order valence-electron chi connectivity index (χ1n) is 11.6. The van der Waals surface area contributed by atoms with Crippen LogP contribution < -0.4 is 10.6 Å². The first-order valence-corrected chi connectivity index (χ1v) is 11.6. The van der Waals surface area contributed by atoms with Crippen molar-refractivity contribution in [2.75, 3.05) is 10.6 Å². The number of amides is 2. The van der Waals surface area contributed by atoms with Crippen LogP contribution in [0.4, 0.5) is 11.4 Å². The topological polar surface area (TPSA) is 96.9 Å². The van der Waals surface area contributed by atoms with E-state index in [4.69, 9.17) is 0 Å². The maximum Gasteiger partial charge on any atom is 0.274 e. The summed E-state index contributed by atoms with van der Waals surface area (Å²) in [6, 6.07) is 24.4. The van der Waals surface area contributed by atoms with Crippen molar-refractivity contribution >= 4 is 34.1 Å². The van der Waals surface area contributed by atoms with Crippen LogP contribution in [0.3, 0.4) is 0 Å². The van der Waals surface area contributed by atoms with E-state index in [1.807, 2.05) is 79.7 Å². The molecule has 0 radical (unpaired) electrons. The third-order valence-electron chi connectivity index (χ3n) is 5.79. The fourth-order valence-corrected chi connectivity index (χ4v) is 3.99. The molecule has 0 bridgehead atoms. The second kappa shape index (κ2) is 10.2. The van der Waals surface area contributed by atoms with Gasteiger partial charge < -0.3 is 10.6 Å². The Labute approximate surface area is 214 Å². The number of nitrogens with one attached hydrogen (secondary N) is 2. The van der Waals surface area contributed by atoms with E-state index in [2.05, 4.69) is 32.2 Å². The summed E-state index contributed by atoms with van der Waals surface area (Å²) in [5.74, 6) is 0.101. The molecular formula is C30H23N5O2. The van der Waals surface area contributed by atoms with Crippen molar-refractivity contribution < 1.29 is 9.59 Å². The second-order valence-electron chi connectivity index (χ2n) is 8.41. The summed E-state index contributed by atoms with van der Waals surface area (Å²) in [5, 5.41) is 6.52. The minimum atomic E-state index is -0.281. The van der Waals surface area contributed by atoms with Crippen molar-refractivity contribution in [3.05, 3.63) is 115 Å². The Bertz CT molecular complexity index is 1630. The van der Waals surface area contributed by atoms with Gasteiger partial charge in [-0.3, -0.25) is 14.6 Å². The number of aryl methyl sites for hydroxylation is 1. The van der Waals surface area contributed by atoms with E-state index in [1.165, 1.54) is 6.08 Å². The number of carbonyl (C=O) groups excluding carboxylic acids is 2. The summed E-state index contributed by atoms with van der Waals surface area (Å²) in [4.78, 5) is 37.9. The number of hydrogen-bond acceptors (Lipinski definition) is 5. The molecule has 2 N–H and O–H groups in total. The smallest absolute Gasteiger partial charge is 0.274 e. The number of hydrogen-bond donors (Lipinski definition) is 2. The molecule has 2 heterocycles. The molecule has 37 heavy (non-hydrogen) atoms. The minimum Gasteiger partial charge on any atom is -0.323 e. The molecular weight excluding hydrogens is 462 g/mol. The van der Waals surface area contributed by atoms with Crippen molar-refractivity contribution in [2.24, 2.45) is 0 Å². The number of pyridine rings is 1. The highest BCUT2D eigenvalue weighted by Crippen LogP contribution is 2.34. The van der Waals surface area contributed by atoms with E-state index in [0.717, 1.165) is 33.2 Å². The average Bonchev–Trinajstić information content (AvgIpc) is 2.93. The highest BCUT2D eigenvalue weighted by Gasteiger charge is 2.13. The van der Waals surface area contributed by atoms with E-state index < -0.39 is 0 Å². The maximum atomic E-state index is 12.6. The van der Waals surface area contributed by atoms with Gasteiger partial charge in [0.1, 0.15) is 11.5 Å². The van der Waals surface area contributed by atoms with Crippen molar-refractivity contribution in [3.8, 4) is 22.3 Å². The van der Waals surface area contributed by atoms with Crippen LogP contribution in [0.5, 0.6) is 0 Å². The molecule has 2 amide bonds. The van der Waals surface area contributed by atoms with E-state index in [0.29, 0.717) is 22.9 Å². The Kier molecular flexibility index (Phi) is 6.50. The summed E-state index contributed by atoms with van der Waals surface area (Å²) in [5.41, 5.74) is 6.00. The van der Waals surface area contributed by atoms with Gasteiger partial charge in [-0.15, -0.1) is 0 Å². The molecule has 2 aromatic heterocycles. The largest absolute Gasteiger partial charge is 0.323 e. The number of rotatable bonds is 6. The Balaban J connectivity index is 1.52. The zero-order chi connectivity index (χ0) is 25.8. The van der Waals surface area contributed by atoms with Gasteiger partial charge in [-0.25, -0.2) is 9.97 Å². The highest BCUT2D eigenvalue weighted by atomic mass is 16.2. The van der Waals surface area contributed by atoms with Crippen molar-refractivity contribution in [1.82, 2.24) is 15.0 Å². The highest BCUT2D eigenvalue weighted by molar-refractivity contribution is 6.03. The van der Waals surface area contributed by atoms with Crippen LogP contribution in [0.1, 0.15) is 16.3 Å². The van der Waals surface area contributed by atoms with E-state index in [1.54, 1.807) is 18.5 Å². The van der Waals surface area contributed by atoms with Gasteiger partial charge in [0.25, 0.3) is 5.91 Å². The predicted molar refractivity (Wildman–Crippen MR) is 146 cm³/mol. The summed E-state index contributed by atoms with van der Waals surface area (Å²) in [6.07, 6.45) is 4.71. The van der Waals surface area contributed by atoms with Gasteiger partial charge in [-0.2, -0.15) is 0 Å². The lowest BCUT2D eigenvalue weighted by molar-refractivity contribution is -0.111. The van der Waals surface area contributed by atoms with Gasteiger partial charge in [0.15, 0.2) is 0 Å². The van der Waals surface area contributed by atoms with Crippen LogP contribution >= 0.6 is 0 Å². The fourth-order valence-electron chi connectivity index (χ4n) is 3.99. The second-order valence-corrected chi connectivity index (χ2v) is 8.41. The lowest BCUT2D eigenvalue weighted by Crippen LogP contribution is -2.13. The van der Waals surface area contributed by atoms with Gasteiger partial charge >= 0.3 is 0 Å². The Morgan fingerprint density at radius 3 is 2.35 bits per heavy atom. The van der Waals surface area contributed by atoms with Gasteiger partial charge in [0.2, 0.25) is 5.91 Å². The standard InChI is InChI=1S/C30H23N5O2/c1-3-28(36)34-25-11-7-8-20(15-25)26-16-22(14-23-18-31-19(2)33-29(23)26)21-12-13-27(32-17-21)30(37)35-24-9-5-4-6-10-24/h3-18H,1H2,2H3,(H,34,36)(H,35,37). The normalized spacial score (nSPS) is 10.6. The molecule has 3 aromatic carbocycles. The van der Waals surface area contributed by atoms with Crippen molar-refractivity contribution in [3.63, 3.8) is 0 Å². The van der Waals surface area contributed by atoms with Gasteiger partial charge in [-0.1, -0.05) is 43.0 Å². The monoisotopic (exact) mass is 485 g/mol. The van der Waals surface area contributed by atoms with Gasteiger partial charge in [-0.05, 0) is 66.6 Å². The number of benzene rings is 3. The van der Waals surface area contributed by atoms with E-state index >= 15 is 0 Å². The molecule has 0 fully saturated rings. The third kappa shape index (κ3) is 5.26. The van der Waals surface area contributed by atoms with E-state index in [9.17, 15) is 9.59 Å². The molecule has 0 aliphatic carbocycles. The average molecular weight is 486 g/mol. The SMILES string of the molecule is C=CC(=O)Nc1cccc(-c2cc(-c3ccc(C(=O)Nc4ccccc4)nc3)cc3cnc(C)nc23)c1. The molecule has 0 unspecified atom stereocenters. The molecule has 0 atom stereocenters. The molecule has 7 heteroatoms. The number of nitrogens with zero attached hydrogens (tertiary/aromatic N) is 3. The Morgan fingerprint density at radius 1 is 0.784 bits per heavy atom. The third-order valence-corrected chi connectivity index (χ3v) is 5.79. The lowest BCUT2D eigenvalue weighted by atomic mass is 9.96. The minimum absolute atomic E-state index is 0.279. The summed E-state index contributed by atoms with van der Waals surface area (Å²) < 4.78 is 0. The first kappa shape index (κ1) is 23.6. The van der Waals surface area contributed by atoms with E-state index in [-0.39, 0.29) is 11.8 Å². The zero-order valence-corrected chi connectivity index (χ0v) is 20.1. The number of anilines is 2. The summed E-state index contributed by atoms with van der Waals surface area (Å²) >= 11 is 0. The van der Waals surface area contributed by atoms with Crippen LogP contribution in [0.15, 0.2) is 104 Å². The molecule has 5 aromatic rings. The van der Waals surface area contributed by atoms with Crippen LogP contribution in [-0.2, 0) is 4.79 Å². The molecule has 0 spiro atoms. The molecule has 0 saturated carbocycles. The number of fused-ring (bicyclic) bond motifs is 1. The Hall–Kier alpha value is -5.17. The maximum absolute atomic E-state index is 12.6. The summed E-state index contributed by atoms with van der Waals surface area (Å²) in [7, 11) is 0. The summed E-state index contributed by atoms with van der Waals surface area (Å²) in [6.45, 7) is 5.36. The molecule has 7 nitrogen and oxygen atoms in total. The van der Waals surface area contributed by atoms with Gasteiger partial charge in [0, 0.05) is 40.3 Å². The Morgan fingerprint density at radius 2 is 1.59 bits per heavy atom. The molecule has 0 aliphatic rings. The van der Waals surface area contributed by atoms with Gasteiger partial charge in [0.05, 0.1) is 5.52 Å². The number of carbonyl (C=O) groups is 2. The van der Waals surface area contributed by atoms with Crippen molar-refractivity contribution in [1.29, 1.82) is 0 Å². The molecule has 180 valence electrons. The lowest BCUT2D eigenvalue weighted by Gasteiger charge is -2.12. The molecule has 5 rings (SSSR count).